The van der Waals surface area contributed by atoms with Crippen molar-refractivity contribution in [2.24, 2.45) is 0 Å². The molecule has 0 aromatic carbocycles. The molecular formula is C52H90O6. The van der Waals surface area contributed by atoms with E-state index in [0.717, 1.165) is 89.9 Å². The fourth-order valence-electron chi connectivity index (χ4n) is 6.67. The number of rotatable bonds is 43. The van der Waals surface area contributed by atoms with Crippen LogP contribution in [-0.2, 0) is 28.6 Å². The fourth-order valence-corrected chi connectivity index (χ4v) is 6.67. The molecule has 0 radical (unpaired) electrons. The molecule has 0 rings (SSSR count). The Balaban J connectivity index is 4.38. The lowest BCUT2D eigenvalue weighted by Gasteiger charge is -2.18. The molecule has 1 unspecified atom stereocenters. The molecule has 0 spiro atoms. The molecule has 0 heterocycles. The summed E-state index contributed by atoms with van der Waals surface area (Å²) in [4.78, 5) is 37.8. The number of esters is 3. The van der Waals surface area contributed by atoms with Crippen molar-refractivity contribution in [2.75, 3.05) is 13.2 Å². The van der Waals surface area contributed by atoms with E-state index < -0.39 is 6.10 Å². The van der Waals surface area contributed by atoms with Gasteiger partial charge in [0.05, 0.1) is 0 Å². The van der Waals surface area contributed by atoms with Gasteiger partial charge in [0, 0.05) is 19.3 Å². The Morgan fingerprint density at radius 2 is 0.707 bits per heavy atom. The van der Waals surface area contributed by atoms with Gasteiger partial charge in [-0.15, -0.1) is 0 Å². The maximum Gasteiger partial charge on any atom is 0.306 e. The van der Waals surface area contributed by atoms with Crippen molar-refractivity contribution in [3.05, 3.63) is 60.8 Å². The Kier molecular flexibility index (Phi) is 44.5. The van der Waals surface area contributed by atoms with Crippen LogP contribution in [0.5, 0.6) is 0 Å². The molecule has 6 nitrogen and oxygen atoms in total. The summed E-state index contributed by atoms with van der Waals surface area (Å²) < 4.78 is 16.7. The number of carbonyl (C=O) groups is 3. The van der Waals surface area contributed by atoms with Gasteiger partial charge in [0.25, 0.3) is 0 Å². The number of unbranched alkanes of at least 4 members (excludes halogenated alkanes) is 25. The number of allylic oxidation sites excluding steroid dienone is 10. The highest BCUT2D eigenvalue weighted by Gasteiger charge is 2.19. The third-order valence-electron chi connectivity index (χ3n) is 10.4. The molecule has 0 aliphatic carbocycles. The zero-order chi connectivity index (χ0) is 42.3. The topological polar surface area (TPSA) is 78.9 Å². The first-order valence-corrected chi connectivity index (χ1v) is 24.3. The molecule has 0 aliphatic rings. The molecular weight excluding hydrogens is 721 g/mol. The Labute approximate surface area is 358 Å². The van der Waals surface area contributed by atoms with E-state index >= 15 is 0 Å². The number of hydrogen-bond donors (Lipinski definition) is 0. The van der Waals surface area contributed by atoms with E-state index in [2.05, 4.69) is 45.1 Å². The Hall–Kier alpha value is -2.89. The van der Waals surface area contributed by atoms with E-state index in [-0.39, 0.29) is 37.5 Å². The molecule has 1 atom stereocenters. The van der Waals surface area contributed by atoms with Crippen molar-refractivity contribution in [1.82, 2.24) is 0 Å². The molecule has 58 heavy (non-hydrogen) atoms. The summed E-state index contributed by atoms with van der Waals surface area (Å²) in [6, 6.07) is 0. The van der Waals surface area contributed by atoms with Gasteiger partial charge in [-0.25, -0.2) is 0 Å². The quantitative estimate of drug-likeness (QED) is 0.0201. The van der Waals surface area contributed by atoms with Crippen LogP contribution in [0.2, 0.25) is 0 Å². The molecule has 0 aromatic heterocycles. The predicted molar refractivity (Wildman–Crippen MR) is 247 cm³/mol. The molecule has 0 fully saturated rings. The van der Waals surface area contributed by atoms with Crippen LogP contribution in [0.15, 0.2) is 60.8 Å². The van der Waals surface area contributed by atoms with Crippen LogP contribution in [0.3, 0.4) is 0 Å². The largest absolute Gasteiger partial charge is 0.462 e. The van der Waals surface area contributed by atoms with Crippen LogP contribution in [0, 0.1) is 0 Å². The highest BCUT2D eigenvalue weighted by atomic mass is 16.6. The second-order valence-electron chi connectivity index (χ2n) is 16.1. The lowest BCUT2D eigenvalue weighted by atomic mass is 10.0. The van der Waals surface area contributed by atoms with Gasteiger partial charge in [-0.3, -0.25) is 14.4 Å². The van der Waals surface area contributed by atoms with Gasteiger partial charge < -0.3 is 14.2 Å². The number of carbonyl (C=O) groups excluding carboxylic acids is 3. The lowest BCUT2D eigenvalue weighted by molar-refractivity contribution is -0.167. The third-order valence-corrected chi connectivity index (χ3v) is 10.4. The highest BCUT2D eigenvalue weighted by molar-refractivity contribution is 5.71. The van der Waals surface area contributed by atoms with Crippen molar-refractivity contribution < 1.29 is 28.6 Å². The average molecular weight is 811 g/mol. The van der Waals surface area contributed by atoms with E-state index in [1.807, 2.05) is 36.5 Å². The predicted octanol–water partition coefficient (Wildman–Crippen LogP) is 15.7. The molecule has 6 heteroatoms. The first kappa shape index (κ1) is 55.1. The highest BCUT2D eigenvalue weighted by Crippen LogP contribution is 2.15. The first-order chi connectivity index (χ1) is 28.5. The van der Waals surface area contributed by atoms with Crippen LogP contribution < -0.4 is 0 Å². The van der Waals surface area contributed by atoms with Crippen molar-refractivity contribution in [1.29, 1.82) is 0 Å². The zero-order valence-corrected chi connectivity index (χ0v) is 38.0. The average Bonchev–Trinajstić information content (AvgIpc) is 3.22. The van der Waals surface area contributed by atoms with Crippen molar-refractivity contribution in [3.63, 3.8) is 0 Å². The van der Waals surface area contributed by atoms with Crippen LogP contribution in [0.4, 0.5) is 0 Å². The second kappa shape index (κ2) is 46.8. The molecule has 0 N–H and O–H groups in total. The summed E-state index contributed by atoms with van der Waals surface area (Å²) in [6.45, 7) is 6.41. The van der Waals surface area contributed by atoms with E-state index in [1.54, 1.807) is 0 Å². The lowest BCUT2D eigenvalue weighted by Crippen LogP contribution is -2.30. The Morgan fingerprint density at radius 3 is 1.17 bits per heavy atom. The van der Waals surface area contributed by atoms with Crippen molar-refractivity contribution >= 4 is 17.9 Å². The molecule has 0 aromatic rings. The summed E-state index contributed by atoms with van der Waals surface area (Å²) in [6.07, 6.45) is 56.4. The summed E-state index contributed by atoms with van der Waals surface area (Å²) >= 11 is 0. The molecule has 334 valence electrons. The standard InChI is InChI=1S/C52H90O6/c1-4-7-10-13-16-19-22-24-25-26-27-29-30-33-36-39-42-45-51(54)57-48-49(47-56-50(53)44-41-38-35-32-21-18-15-12-9-6-3)58-52(55)46-43-40-37-34-31-28-23-20-17-14-11-8-5-2/h8,11,14-15,17-18,20,23,28,31,49H,4-7,9-10,12-13,16,19,21-22,24-27,29-30,32-48H2,1-3H3/b11-8-,17-14-,18-15-,23-20-,31-28-. The maximum absolute atomic E-state index is 12.7. The normalized spacial score (nSPS) is 12.5. The fraction of sp³-hybridized carbons (Fsp3) is 0.750. The van der Waals surface area contributed by atoms with Crippen LogP contribution in [0.1, 0.15) is 233 Å². The summed E-state index contributed by atoms with van der Waals surface area (Å²) in [5.41, 5.74) is 0. The van der Waals surface area contributed by atoms with Crippen LogP contribution in [-0.4, -0.2) is 37.2 Å². The van der Waals surface area contributed by atoms with Gasteiger partial charge in [-0.1, -0.05) is 216 Å². The van der Waals surface area contributed by atoms with E-state index in [1.165, 1.54) is 103 Å². The summed E-state index contributed by atoms with van der Waals surface area (Å²) in [5, 5.41) is 0. The summed E-state index contributed by atoms with van der Waals surface area (Å²) in [5.74, 6) is -0.945. The number of hydrogen-bond acceptors (Lipinski definition) is 6. The smallest absolute Gasteiger partial charge is 0.306 e. The minimum absolute atomic E-state index is 0.0923. The van der Waals surface area contributed by atoms with Gasteiger partial charge >= 0.3 is 17.9 Å². The van der Waals surface area contributed by atoms with Crippen LogP contribution >= 0.6 is 0 Å². The Morgan fingerprint density at radius 1 is 0.362 bits per heavy atom. The van der Waals surface area contributed by atoms with E-state index in [0.29, 0.717) is 12.8 Å². The van der Waals surface area contributed by atoms with E-state index in [4.69, 9.17) is 14.2 Å². The first-order valence-electron chi connectivity index (χ1n) is 24.3. The SMILES string of the molecule is CC\C=C/C=C\C=C/C=C\CCCCCC(=O)OC(COC(=O)CCCCCC/C=C\CCCC)COC(=O)CCCCCCCCCCCCCCCCCCC. The zero-order valence-electron chi connectivity index (χ0n) is 38.0. The molecule has 0 saturated carbocycles. The molecule has 0 amide bonds. The Bertz CT molecular complexity index is 1070. The van der Waals surface area contributed by atoms with Crippen molar-refractivity contribution in [3.8, 4) is 0 Å². The van der Waals surface area contributed by atoms with Gasteiger partial charge in [0.1, 0.15) is 13.2 Å². The molecule has 0 bridgehead atoms. The maximum atomic E-state index is 12.7. The van der Waals surface area contributed by atoms with Gasteiger partial charge in [0.2, 0.25) is 0 Å². The minimum atomic E-state index is -0.795. The van der Waals surface area contributed by atoms with Gasteiger partial charge in [-0.2, -0.15) is 0 Å². The minimum Gasteiger partial charge on any atom is -0.462 e. The van der Waals surface area contributed by atoms with Crippen LogP contribution in [0.25, 0.3) is 0 Å². The van der Waals surface area contributed by atoms with Gasteiger partial charge in [0.15, 0.2) is 6.10 Å². The van der Waals surface area contributed by atoms with Crippen molar-refractivity contribution in [2.45, 2.75) is 239 Å². The second-order valence-corrected chi connectivity index (χ2v) is 16.1. The monoisotopic (exact) mass is 811 g/mol. The number of ether oxygens (including phenoxy) is 3. The third kappa shape index (κ3) is 44.2. The van der Waals surface area contributed by atoms with E-state index in [9.17, 15) is 14.4 Å². The summed E-state index contributed by atoms with van der Waals surface area (Å²) in [7, 11) is 0. The molecule has 0 saturated heterocycles. The van der Waals surface area contributed by atoms with Gasteiger partial charge in [-0.05, 0) is 57.8 Å². The molecule has 0 aliphatic heterocycles.